The molecule has 1 atom stereocenters. The van der Waals surface area contributed by atoms with E-state index < -0.39 is 16.1 Å². The van der Waals surface area contributed by atoms with E-state index in [1.165, 1.54) is 6.42 Å². The van der Waals surface area contributed by atoms with E-state index in [0.29, 0.717) is 5.92 Å². The highest BCUT2D eigenvalue weighted by Crippen LogP contribution is 2.26. The highest BCUT2D eigenvalue weighted by Gasteiger charge is 2.24. The standard InChI is InChI=1S/C18H28Si2/c1-19(2,3)17-12-11-15(14-17)13-16-9-7-8-10-18(16)20(4,5)6/h7-12,14-15H,13H2,1-6H3. The van der Waals surface area contributed by atoms with Crippen LogP contribution in [0.5, 0.6) is 0 Å². The van der Waals surface area contributed by atoms with E-state index in [4.69, 9.17) is 0 Å². The molecule has 1 aromatic carbocycles. The van der Waals surface area contributed by atoms with Crippen molar-refractivity contribution >= 4 is 21.3 Å². The van der Waals surface area contributed by atoms with Gasteiger partial charge in [0.25, 0.3) is 0 Å². The maximum absolute atomic E-state index is 2.52. The SMILES string of the molecule is C[Si](C)(C)C1=CC(Cc2ccccc2[Si](C)(C)C)C=C1. The van der Waals surface area contributed by atoms with E-state index in [0.717, 1.165) is 0 Å². The van der Waals surface area contributed by atoms with E-state index >= 15 is 0 Å². The molecule has 1 aromatic rings. The summed E-state index contributed by atoms with van der Waals surface area (Å²) in [6, 6.07) is 9.08. The van der Waals surface area contributed by atoms with Gasteiger partial charge in [0.15, 0.2) is 0 Å². The molecule has 0 N–H and O–H groups in total. The molecule has 1 aliphatic carbocycles. The summed E-state index contributed by atoms with van der Waals surface area (Å²) in [5.41, 5.74) is 1.56. The Bertz CT molecular complexity index is 539. The number of rotatable bonds is 4. The molecule has 20 heavy (non-hydrogen) atoms. The van der Waals surface area contributed by atoms with Crippen LogP contribution in [0.2, 0.25) is 39.3 Å². The predicted octanol–water partition coefficient (Wildman–Crippen LogP) is 4.76. The first kappa shape index (κ1) is 15.5. The van der Waals surface area contributed by atoms with Gasteiger partial charge in [-0.1, -0.05) is 92.2 Å². The van der Waals surface area contributed by atoms with Crippen LogP contribution in [0.25, 0.3) is 0 Å². The van der Waals surface area contributed by atoms with Crippen molar-refractivity contribution < 1.29 is 0 Å². The van der Waals surface area contributed by atoms with Crippen molar-refractivity contribution in [3.63, 3.8) is 0 Å². The van der Waals surface area contributed by atoms with Crippen molar-refractivity contribution in [2.24, 2.45) is 5.92 Å². The zero-order valence-electron chi connectivity index (χ0n) is 13.8. The summed E-state index contributed by atoms with van der Waals surface area (Å²) in [5.74, 6) is 0.606. The summed E-state index contributed by atoms with van der Waals surface area (Å²) in [6.07, 6.45) is 8.49. The molecule has 2 rings (SSSR count). The molecule has 0 spiro atoms. The molecule has 0 aromatic heterocycles. The van der Waals surface area contributed by atoms with E-state index in [1.807, 2.05) is 0 Å². The predicted molar refractivity (Wildman–Crippen MR) is 97.2 cm³/mol. The second-order valence-electron chi connectivity index (χ2n) is 8.01. The number of allylic oxidation sites excluding steroid dienone is 4. The summed E-state index contributed by atoms with van der Waals surface area (Å²) < 4.78 is 0. The van der Waals surface area contributed by atoms with Crippen LogP contribution in [0.4, 0.5) is 0 Å². The zero-order valence-corrected chi connectivity index (χ0v) is 15.8. The van der Waals surface area contributed by atoms with Gasteiger partial charge in [0.05, 0.1) is 16.1 Å². The normalized spacial score (nSPS) is 19.3. The molecule has 0 fully saturated rings. The Balaban J connectivity index is 2.22. The van der Waals surface area contributed by atoms with Crippen molar-refractivity contribution in [3.8, 4) is 0 Å². The van der Waals surface area contributed by atoms with Crippen molar-refractivity contribution in [2.75, 3.05) is 0 Å². The van der Waals surface area contributed by atoms with Crippen LogP contribution in [0.15, 0.2) is 47.7 Å². The van der Waals surface area contributed by atoms with Gasteiger partial charge in [-0.2, -0.15) is 0 Å². The second kappa shape index (κ2) is 5.49. The van der Waals surface area contributed by atoms with E-state index in [-0.39, 0.29) is 0 Å². The number of hydrogen-bond acceptors (Lipinski definition) is 0. The van der Waals surface area contributed by atoms with Crippen molar-refractivity contribution in [1.82, 2.24) is 0 Å². The zero-order chi connectivity index (χ0) is 15.0. The molecule has 0 amide bonds. The summed E-state index contributed by atoms with van der Waals surface area (Å²) in [6.45, 7) is 14.6. The molecule has 1 unspecified atom stereocenters. The highest BCUT2D eigenvalue weighted by atomic mass is 28.3. The van der Waals surface area contributed by atoms with Crippen LogP contribution in [-0.4, -0.2) is 16.1 Å². The van der Waals surface area contributed by atoms with Crippen molar-refractivity contribution in [1.29, 1.82) is 0 Å². The Labute approximate surface area is 126 Å². The largest absolute Gasteiger partial charge is 0.0780 e. The molecule has 0 saturated carbocycles. The van der Waals surface area contributed by atoms with Gasteiger partial charge in [-0.15, -0.1) is 0 Å². The average molecular weight is 301 g/mol. The highest BCUT2D eigenvalue weighted by molar-refractivity contribution is 6.89. The fourth-order valence-electron chi connectivity index (χ4n) is 2.88. The summed E-state index contributed by atoms with van der Waals surface area (Å²) in [7, 11) is -2.39. The van der Waals surface area contributed by atoms with Gasteiger partial charge in [-0.3, -0.25) is 0 Å². The topological polar surface area (TPSA) is 0 Å². The molecular weight excluding hydrogens is 272 g/mol. The minimum absolute atomic E-state index is 0.606. The van der Waals surface area contributed by atoms with Crippen LogP contribution in [0, 0.1) is 5.92 Å². The van der Waals surface area contributed by atoms with Crippen LogP contribution < -0.4 is 5.19 Å². The lowest BCUT2D eigenvalue weighted by Crippen LogP contribution is -2.40. The molecule has 0 nitrogen and oxygen atoms in total. The van der Waals surface area contributed by atoms with Crippen LogP contribution >= 0.6 is 0 Å². The quantitative estimate of drug-likeness (QED) is 0.703. The van der Waals surface area contributed by atoms with Gasteiger partial charge in [0, 0.05) is 0 Å². The van der Waals surface area contributed by atoms with Gasteiger partial charge < -0.3 is 0 Å². The molecule has 0 bridgehead atoms. The van der Waals surface area contributed by atoms with Gasteiger partial charge in [0.2, 0.25) is 0 Å². The number of hydrogen-bond donors (Lipinski definition) is 0. The Morgan fingerprint density at radius 3 is 2.10 bits per heavy atom. The van der Waals surface area contributed by atoms with Crippen LogP contribution in [0.1, 0.15) is 5.56 Å². The summed E-state index contributed by atoms with van der Waals surface area (Å²) in [5, 5.41) is 3.25. The van der Waals surface area contributed by atoms with Gasteiger partial charge in [-0.05, 0) is 17.9 Å². The molecule has 108 valence electrons. The molecular formula is C18H28Si2. The Morgan fingerprint density at radius 2 is 1.55 bits per heavy atom. The van der Waals surface area contributed by atoms with E-state index in [1.54, 1.807) is 15.9 Å². The van der Waals surface area contributed by atoms with Gasteiger partial charge in [-0.25, -0.2) is 0 Å². The van der Waals surface area contributed by atoms with Gasteiger partial charge in [0.1, 0.15) is 0 Å². The molecule has 2 heteroatoms. The molecule has 1 aliphatic rings. The Hall–Kier alpha value is -0.866. The van der Waals surface area contributed by atoms with E-state index in [2.05, 4.69) is 81.8 Å². The second-order valence-corrected chi connectivity index (χ2v) is 18.1. The molecule has 0 saturated heterocycles. The monoisotopic (exact) mass is 300 g/mol. The van der Waals surface area contributed by atoms with Crippen LogP contribution in [-0.2, 0) is 6.42 Å². The summed E-state index contributed by atoms with van der Waals surface area (Å²) >= 11 is 0. The third-order valence-electron chi connectivity index (χ3n) is 4.06. The lowest BCUT2D eigenvalue weighted by molar-refractivity contribution is 0.818. The molecule has 0 aliphatic heterocycles. The minimum atomic E-state index is -1.24. The first-order valence-corrected chi connectivity index (χ1v) is 14.7. The molecule has 0 heterocycles. The summed E-state index contributed by atoms with van der Waals surface area (Å²) in [4.78, 5) is 0. The maximum atomic E-state index is 2.52. The Kier molecular flexibility index (Phi) is 4.26. The third-order valence-corrected chi connectivity index (χ3v) is 8.23. The fraction of sp³-hybridized carbons (Fsp3) is 0.444. The fourth-order valence-corrected chi connectivity index (χ4v) is 5.94. The van der Waals surface area contributed by atoms with Gasteiger partial charge >= 0.3 is 0 Å². The lowest BCUT2D eigenvalue weighted by Gasteiger charge is -2.22. The van der Waals surface area contributed by atoms with Crippen LogP contribution in [0.3, 0.4) is 0 Å². The smallest absolute Gasteiger partial charge is 0.0779 e. The molecule has 0 radical (unpaired) electrons. The van der Waals surface area contributed by atoms with Crippen molar-refractivity contribution in [2.45, 2.75) is 45.7 Å². The number of benzene rings is 1. The third kappa shape index (κ3) is 3.61. The minimum Gasteiger partial charge on any atom is -0.0780 e. The first-order valence-electron chi connectivity index (χ1n) is 7.67. The lowest BCUT2D eigenvalue weighted by atomic mass is 10.0. The van der Waals surface area contributed by atoms with E-state index in [9.17, 15) is 0 Å². The first-order chi connectivity index (χ1) is 9.18. The average Bonchev–Trinajstić information content (AvgIpc) is 2.76. The van der Waals surface area contributed by atoms with Crippen molar-refractivity contribution in [3.05, 3.63) is 53.3 Å². The maximum Gasteiger partial charge on any atom is 0.0779 e. The Morgan fingerprint density at radius 1 is 0.900 bits per heavy atom.